The van der Waals surface area contributed by atoms with Crippen LogP contribution in [0.25, 0.3) is 11.3 Å². The summed E-state index contributed by atoms with van der Waals surface area (Å²) >= 11 is 8.59. The molecular formula is C12H5BrClF3N2O2. The Labute approximate surface area is 129 Å². The average Bonchev–Trinajstić information content (AvgIpc) is 2.38. The van der Waals surface area contributed by atoms with Crippen LogP contribution in [0.5, 0.6) is 0 Å². The highest BCUT2D eigenvalue weighted by molar-refractivity contribution is 9.10. The number of benzene rings is 1. The molecule has 0 aliphatic heterocycles. The Hall–Kier alpha value is -1.67. The molecule has 0 amide bonds. The quantitative estimate of drug-likeness (QED) is 0.843. The van der Waals surface area contributed by atoms with Crippen LogP contribution < -0.4 is 0 Å². The Morgan fingerprint density at radius 3 is 2.24 bits per heavy atom. The van der Waals surface area contributed by atoms with Gasteiger partial charge in [0.1, 0.15) is 10.3 Å². The van der Waals surface area contributed by atoms with Crippen molar-refractivity contribution in [2.45, 2.75) is 6.18 Å². The molecule has 2 aromatic rings. The number of aromatic carboxylic acids is 1. The zero-order valence-corrected chi connectivity index (χ0v) is 12.3. The fraction of sp³-hybridized carbons (Fsp3) is 0.0833. The number of carboxylic acids is 1. The topological polar surface area (TPSA) is 63.1 Å². The summed E-state index contributed by atoms with van der Waals surface area (Å²) in [6.07, 6.45) is -4.91. The van der Waals surface area contributed by atoms with E-state index in [1.165, 1.54) is 24.3 Å². The van der Waals surface area contributed by atoms with Crippen molar-refractivity contribution in [2.75, 3.05) is 0 Å². The van der Waals surface area contributed by atoms with Crippen LogP contribution in [0.15, 0.2) is 28.9 Å². The molecule has 1 N–H and O–H groups in total. The van der Waals surface area contributed by atoms with Crippen LogP contribution in [0, 0.1) is 0 Å². The number of rotatable bonds is 2. The van der Waals surface area contributed by atoms with Gasteiger partial charge in [-0.3, -0.25) is 0 Å². The highest BCUT2D eigenvalue weighted by atomic mass is 79.9. The Bertz CT molecular complexity index is 705. The molecule has 0 unspecified atom stereocenters. The summed E-state index contributed by atoms with van der Waals surface area (Å²) < 4.78 is 38.1. The summed E-state index contributed by atoms with van der Waals surface area (Å²) in [6.45, 7) is 0. The molecule has 0 saturated carbocycles. The van der Waals surface area contributed by atoms with E-state index in [1.54, 1.807) is 0 Å². The van der Waals surface area contributed by atoms with E-state index in [1.807, 2.05) is 0 Å². The third-order valence-electron chi connectivity index (χ3n) is 2.44. The summed E-state index contributed by atoms with van der Waals surface area (Å²) in [6, 6.07) is 6.00. The van der Waals surface area contributed by atoms with E-state index < -0.39 is 23.5 Å². The number of aromatic nitrogens is 2. The van der Waals surface area contributed by atoms with Crippen LogP contribution in [0.4, 0.5) is 13.2 Å². The van der Waals surface area contributed by atoms with Gasteiger partial charge in [0.05, 0.1) is 0 Å². The van der Waals surface area contributed by atoms with Gasteiger partial charge in [-0.1, -0.05) is 23.7 Å². The maximum atomic E-state index is 12.8. The minimum atomic E-state index is -4.91. The Morgan fingerprint density at radius 1 is 1.19 bits per heavy atom. The summed E-state index contributed by atoms with van der Waals surface area (Å²) in [7, 11) is 0. The normalized spacial score (nSPS) is 11.5. The lowest BCUT2D eigenvalue weighted by molar-refractivity contribution is -0.142. The zero-order valence-electron chi connectivity index (χ0n) is 9.95. The maximum absolute atomic E-state index is 12.8. The zero-order chi connectivity index (χ0) is 15.8. The molecule has 0 aliphatic rings. The largest absolute Gasteiger partial charge is 0.476 e. The summed E-state index contributed by atoms with van der Waals surface area (Å²) in [5.41, 5.74) is -2.35. The van der Waals surface area contributed by atoms with E-state index in [2.05, 4.69) is 25.9 Å². The summed E-state index contributed by atoms with van der Waals surface area (Å²) in [5.74, 6) is -1.81. The predicted octanol–water partition coefficient (Wildman–Crippen LogP) is 4.28. The second kappa shape index (κ2) is 5.61. The van der Waals surface area contributed by atoms with Crippen LogP contribution in [0.1, 0.15) is 16.2 Å². The standard InChI is InChI=1S/C12H5BrClF3N2O2/c13-10-7(5-1-3-6(14)4-2-5)18-8(11(20)21)9(19-10)12(15,16)17/h1-4H,(H,20,21). The first-order valence-electron chi connectivity index (χ1n) is 5.34. The maximum Gasteiger partial charge on any atom is 0.435 e. The second-order valence-electron chi connectivity index (χ2n) is 3.87. The van der Waals surface area contributed by atoms with Gasteiger partial charge < -0.3 is 5.11 Å². The van der Waals surface area contributed by atoms with Crippen LogP contribution >= 0.6 is 27.5 Å². The number of carboxylic acid groups (broad SMARTS) is 1. The number of hydrogen-bond donors (Lipinski definition) is 1. The van der Waals surface area contributed by atoms with Gasteiger partial charge in [-0.15, -0.1) is 0 Å². The van der Waals surface area contributed by atoms with Crippen molar-refractivity contribution < 1.29 is 23.1 Å². The third-order valence-corrected chi connectivity index (χ3v) is 3.25. The van der Waals surface area contributed by atoms with Crippen molar-refractivity contribution in [3.8, 4) is 11.3 Å². The van der Waals surface area contributed by atoms with E-state index in [9.17, 15) is 18.0 Å². The van der Waals surface area contributed by atoms with Crippen molar-refractivity contribution >= 4 is 33.5 Å². The monoisotopic (exact) mass is 380 g/mol. The van der Waals surface area contributed by atoms with Gasteiger partial charge in [0.25, 0.3) is 0 Å². The van der Waals surface area contributed by atoms with E-state index in [4.69, 9.17) is 16.7 Å². The van der Waals surface area contributed by atoms with E-state index >= 15 is 0 Å². The molecule has 0 bridgehead atoms. The summed E-state index contributed by atoms with van der Waals surface area (Å²) in [5, 5.41) is 9.32. The molecule has 0 radical (unpaired) electrons. The van der Waals surface area contributed by atoms with Gasteiger partial charge in [-0.2, -0.15) is 13.2 Å². The molecule has 0 atom stereocenters. The highest BCUT2D eigenvalue weighted by Crippen LogP contribution is 2.34. The van der Waals surface area contributed by atoms with Gasteiger partial charge in [-0.05, 0) is 28.1 Å². The first-order valence-corrected chi connectivity index (χ1v) is 6.51. The molecule has 0 aliphatic carbocycles. The smallest absolute Gasteiger partial charge is 0.435 e. The molecule has 9 heteroatoms. The van der Waals surface area contributed by atoms with Crippen LogP contribution in [-0.4, -0.2) is 21.0 Å². The molecule has 1 aromatic carbocycles. The van der Waals surface area contributed by atoms with Crippen LogP contribution in [-0.2, 0) is 6.18 Å². The van der Waals surface area contributed by atoms with Gasteiger partial charge in [0, 0.05) is 10.6 Å². The molecular weight excluding hydrogens is 376 g/mol. The molecule has 21 heavy (non-hydrogen) atoms. The number of nitrogens with zero attached hydrogens (tertiary/aromatic N) is 2. The van der Waals surface area contributed by atoms with Crippen molar-refractivity contribution in [3.63, 3.8) is 0 Å². The predicted molar refractivity (Wildman–Crippen MR) is 72.1 cm³/mol. The molecule has 110 valence electrons. The van der Waals surface area contributed by atoms with Crippen molar-refractivity contribution in [1.82, 2.24) is 9.97 Å². The Balaban J connectivity index is 2.67. The lowest BCUT2D eigenvalue weighted by Crippen LogP contribution is -2.18. The summed E-state index contributed by atoms with van der Waals surface area (Å²) in [4.78, 5) is 17.8. The fourth-order valence-corrected chi connectivity index (χ4v) is 2.17. The minimum absolute atomic E-state index is 0.0166. The fourth-order valence-electron chi connectivity index (χ4n) is 1.55. The van der Waals surface area contributed by atoms with Crippen LogP contribution in [0.3, 0.4) is 0 Å². The van der Waals surface area contributed by atoms with Gasteiger partial charge in [0.15, 0.2) is 11.4 Å². The number of hydrogen-bond acceptors (Lipinski definition) is 3. The number of halogens is 5. The number of alkyl halides is 3. The lowest BCUT2D eigenvalue weighted by Gasteiger charge is -2.11. The SMILES string of the molecule is O=C(O)c1nc(-c2ccc(Cl)cc2)c(Br)nc1C(F)(F)F. The molecule has 1 heterocycles. The highest BCUT2D eigenvalue weighted by Gasteiger charge is 2.39. The minimum Gasteiger partial charge on any atom is -0.476 e. The first kappa shape index (κ1) is 15.7. The lowest BCUT2D eigenvalue weighted by atomic mass is 10.1. The molecule has 4 nitrogen and oxygen atoms in total. The van der Waals surface area contributed by atoms with Gasteiger partial charge in [-0.25, -0.2) is 14.8 Å². The first-order chi connectivity index (χ1) is 9.70. The Morgan fingerprint density at radius 2 is 1.76 bits per heavy atom. The molecule has 0 fully saturated rings. The van der Waals surface area contributed by atoms with E-state index in [-0.39, 0.29) is 10.3 Å². The van der Waals surface area contributed by atoms with Gasteiger partial charge in [0.2, 0.25) is 0 Å². The van der Waals surface area contributed by atoms with Crippen LogP contribution in [0.2, 0.25) is 5.02 Å². The molecule has 0 saturated heterocycles. The van der Waals surface area contributed by atoms with Crippen molar-refractivity contribution in [2.24, 2.45) is 0 Å². The third kappa shape index (κ3) is 3.33. The molecule has 2 rings (SSSR count). The average molecular weight is 382 g/mol. The van der Waals surface area contributed by atoms with E-state index in [0.717, 1.165) is 0 Å². The van der Waals surface area contributed by atoms with Crippen molar-refractivity contribution in [3.05, 3.63) is 45.3 Å². The van der Waals surface area contributed by atoms with Crippen molar-refractivity contribution in [1.29, 1.82) is 0 Å². The molecule has 1 aromatic heterocycles. The molecule has 0 spiro atoms. The Kier molecular flexibility index (Phi) is 4.20. The number of carbonyl (C=O) groups is 1. The van der Waals surface area contributed by atoms with E-state index in [0.29, 0.717) is 10.6 Å². The second-order valence-corrected chi connectivity index (χ2v) is 5.06. The van der Waals surface area contributed by atoms with Gasteiger partial charge >= 0.3 is 12.1 Å².